The van der Waals surface area contributed by atoms with Gasteiger partial charge in [-0.05, 0) is 42.7 Å². The van der Waals surface area contributed by atoms with Crippen LogP contribution in [0.1, 0.15) is 0 Å². The number of benzene rings is 1. The highest BCUT2D eigenvalue weighted by Crippen LogP contribution is 2.17. The molecule has 0 N–H and O–H groups in total. The summed E-state index contributed by atoms with van der Waals surface area (Å²) in [5.41, 5.74) is 0. The molecule has 0 unspecified atom stereocenters. The second kappa shape index (κ2) is 4.70. The van der Waals surface area contributed by atoms with Crippen LogP contribution in [0.25, 0.3) is 0 Å². The van der Waals surface area contributed by atoms with E-state index in [4.69, 9.17) is 28.6 Å². The van der Waals surface area contributed by atoms with Crippen molar-refractivity contribution in [2.75, 3.05) is 6.26 Å². The Bertz CT molecular complexity index is 271. The van der Waals surface area contributed by atoms with Crippen LogP contribution >= 0.6 is 35.6 Å². The third-order valence-corrected chi connectivity index (χ3v) is 2.43. The van der Waals surface area contributed by atoms with Crippen LogP contribution < -0.4 is 4.74 Å². The van der Waals surface area contributed by atoms with Crippen LogP contribution in [0, 0.1) is 0 Å². The van der Waals surface area contributed by atoms with Crippen molar-refractivity contribution in [3.63, 3.8) is 0 Å². The Kier molecular flexibility index (Phi) is 3.85. The Morgan fingerprint density at radius 1 is 1.42 bits per heavy atom. The van der Waals surface area contributed by atoms with Crippen LogP contribution in [0.4, 0.5) is 0 Å². The minimum atomic E-state index is 0.511. The van der Waals surface area contributed by atoms with Gasteiger partial charge in [0, 0.05) is 5.02 Å². The van der Waals surface area contributed by atoms with E-state index < -0.39 is 0 Å². The highest BCUT2D eigenvalue weighted by molar-refractivity contribution is 8.22. The molecule has 0 spiro atoms. The number of halogens is 1. The number of thioether (sulfide) groups is 1. The fourth-order valence-corrected chi connectivity index (χ4v) is 1.04. The lowest BCUT2D eigenvalue weighted by atomic mass is 10.3. The highest BCUT2D eigenvalue weighted by Gasteiger charge is 1.97. The van der Waals surface area contributed by atoms with E-state index in [-0.39, 0.29) is 0 Å². The van der Waals surface area contributed by atoms with Gasteiger partial charge in [0.05, 0.1) is 0 Å². The summed E-state index contributed by atoms with van der Waals surface area (Å²) in [4.78, 5) is 0. The summed E-state index contributed by atoms with van der Waals surface area (Å²) >= 11 is 12.0. The SMILES string of the molecule is CSC(=S)Oc1ccc(Cl)cc1. The summed E-state index contributed by atoms with van der Waals surface area (Å²) in [7, 11) is 0. The van der Waals surface area contributed by atoms with Crippen LogP contribution in [-0.2, 0) is 0 Å². The van der Waals surface area contributed by atoms with E-state index in [0.717, 1.165) is 5.75 Å². The molecule has 1 aromatic rings. The maximum Gasteiger partial charge on any atom is 0.225 e. The van der Waals surface area contributed by atoms with Crippen molar-refractivity contribution in [2.24, 2.45) is 0 Å². The zero-order valence-electron chi connectivity index (χ0n) is 6.41. The number of thiocarbonyl (C=S) groups is 1. The van der Waals surface area contributed by atoms with Crippen molar-refractivity contribution < 1.29 is 4.74 Å². The quantitative estimate of drug-likeness (QED) is 0.669. The Labute approximate surface area is 86.1 Å². The molecule has 0 atom stereocenters. The third kappa shape index (κ3) is 3.01. The van der Waals surface area contributed by atoms with Gasteiger partial charge in [-0.1, -0.05) is 23.4 Å². The van der Waals surface area contributed by atoms with E-state index in [0.29, 0.717) is 9.41 Å². The monoisotopic (exact) mass is 218 g/mol. The van der Waals surface area contributed by atoms with Crippen molar-refractivity contribution in [1.29, 1.82) is 0 Å². The minimum absolute atomic E-state index is 0.511. The lowest BCUT2D eigenvalue weighted by Gasteiger charge is -2.02. The van der Waals surface area contributed by atoms with Crippen molar-refractivity contribution in [3.8, 4) is 5.75 Å². The zero-order valence-corrected chi connectivity index (χ0v) is 8.80. The van der Waals surface area contributed by atoms with Crippen LogP contribution in [0.2, 0.25) is 5.02 Å². The number of hydrogen-bond donors (Lipinski definition) is 0. The van der Waals surface area contributed by atoms with E-state index in [1.807, 2.05) is 6.26 Å². The van der Waals surface area contributed by atoms with Crippen LogP contribution in [0.15, 0.2) is 24.3 Å². The first-order valence-corrected chi connectivity index (χ1v) is 5.25. The largest absolute Gasteiger partial charge is 0.440 e. The van der Waals surface area contributed by atoms with Crippen LogP contribution in [0.5, 0.6) is 5.75 Å². The summed E-state index contributed by atoms with van der Waals surface area (Å²) < 4.78 is 5.77. The van der Waals surface area contributed by atoms with E-state index in [9.17, 15) is 0 Å². The van der Waals surface area contributed by atoms with Crippen molar-refractivity contribution in [2.45, 2.75) is 0 Å². The molecule has 1 aromatic carbocycles. The zero-order chi connectivity index (χ0) is 8.97. The van der Waals surface area contributed by atoms with Crippen LogP contribution in [-0.4, -0.2) is 10.6 Å². The third-order valence-electron chi connectivity index (χ3n) is 1.18. The predicted molar refractivity (Wildman–Crippen MR) is 58.2 cm³/mol. The van der Waals surface area contributed by atoms with Gasteiger partial charge in [-0.3, -0.25) is 0 Å². The van der Waals surface area contributed by atoms with Gasteiger partial charge in [-0.15, -0.1) is 0 Å². The standard InChI is InChI=1S/C8H7ClOS2/c1-12-8(11)10-7-4-2-6(9)3-5-7/h2-5H,1H3. The normalized spacial score (nSPS) is 9.50. The molecule has 0 fully saturated rings. The molecule has 0 bridgehead atoms. The molecule has 1 rings (SSSR count). The first-order chi connectivity index (χ1) is 5.72. The Hall–Kier alpha value is -0.250. The van der Waals surface area contributed by atoms with Gasteiger partial charge in [-0.2, -0.15) is 0 Å². The van der Waals surface area contributed by atoms with Gasteiger partial charge in [0.1, 0.15) is 5.75 Å². The molecule has 0 saturated carbocycles. The molecular weight excluding hydrogens is 212 g/mol. The van der Waals surface area contributed by atoms with Crippen molar-refractivity contribution >= 4 is 40.0 Å². The lowest BCUT2D eigenvalue weighted by molar-refractivity contribution is 0.579. The second-order valence-corrected chi connectivity index (χ2v) is 3.85. The fraction of sp³-hybridized carbons (Fsp3) is 0.125. The maximum atomic E-state index is 5.69. The van der Waals surface area contributed by atoms with E-state index in [2.05, 4.69) is 0 Å². The van der Waals surface area contributed by atoms with E-state index >= 15 is 0 Å². The molecule has 0 aromatic heterocycles. The molecule has 0 saturated heterocycles. The lowest BCUT2D eigenvalue weighted by Crippen LogP contribution is -1.98. The summed E-state index contributed by atoms with van der Waals surface area (Å²) in [6.45, 7) is 0. The number of hydrogen-bond acceptors (Lipinski definition) is 3. The first kappa shape index (κ1) is 9.84. The van der Waals surface area contributed by atoms with Crippen molar-refractivity contribution in [3.05, 3.63) is 29.3 Å². The van der Waals surface area contributed by atoms with E-state index in [1.54, 1.807) is 24.3 Å². The van der Waals surface area contributed by atoms with Gasteiger partial charge >= 0.3 is 0 Å². The average Bonchev–Trinajstić information content (AvgIpc) is 2.09. The first-order valence-electron chi connectivity index (χ1n) is 3.24. The fourth-order valence-electron chi connectivity index (χ4n) is 0.641. The Morgan fingerprint density at radius 3 is 2.50 bits per heavy atom. The summed E-state index contributed by atoms with van der Waals surface area (Å²) in [5, 5.41) is 0.692. The van der Waals surface area contributed by atoms with Crippen LogP contribution in [0.3, 0.4) is 0 Å². The average molecular weight is 219 g/mol. The molecule has 4 heteroatoms. The summed E-state index contributed by atoms with van der Waals surface area (Å²) in [5.74, 6) is 0.721. The molecular formula is C8H7ClOS2. The maximum absolute atomic E-state index is 5.69. The van der Waals surface area contributed by atoms with Gasteiger partial charge in [0.25, 0.3) is 0 Å². The van der Waals surface area contributed by atoms with Gasteiger partial charge in [-0.25, -0.2) is 0 Å². The molecule has 1 nitrogen and oxygen atoms in total. The predicted octanol–water partition coefficient (Wildman–Crippen LogP) is 3.37. The Balaban J connectivity index is 2.64. The molecule has 12 heavy (non-hydrogen) atoms. The molecule has 64 valence electrons. The Morgan fingerprint density at radius 2 is 2.00 bits per heavy atom. The molecule has 0 radical (unpaired) electrons. The summed E-state index contributed by atoms with van der Waals surface area (Å²) in [6, 6.07) is 7.09. The molecule has 0 aliphatic rings. The second-order valence-electron chi connectivity index (χ2n) is 2.01. The molecule has 0 heterocycles. The topological polar surface area (TPSA) is 9.23 Å². The van der Waals surface area contributed by atoms with Gasteiger partial charge in [0.2, 0.25) is 4.38 Å². The minimum Gasteiger partial charge on any atom is -0.440 e. The highest BCUT2D eigenvalue weighted by atomic mass is 35.5. The van der Waals surface area contributed by atoms with Gasteiger partial charge in [0.15, 0.2) is 0 Å². The number of rotatable bonds is 1. The van der Waals surface area contributed by atoms with Crippen molar-refractivity contribution in [1.82, 2.24) is 0 Å². The smallest absolute Gasteiger partial charge is 0.225 e. The summed E-state index contributed by atoms with van der Waals surface area (Å²) in [6.07, 6.45) is 1.87. The molecule has 0 aliphatic heterocycles. The number of ether oxygens (including phenoxy) is 1. The van der Waals surface area contributed by atoms with Gasteiger partial charge < -0.3 is 4.74 Å². The molecule has 0 amide bonds. The molecule has 0 aliphatic carbocycles. The van der Waals surface area contributed by atoms with E-state index in [1.165, 1.54) is 11.8 Å².